The second-order valence-corrected chi connectivity index (χ2v) is 10.6. The van der Waals surface area contributed by atoms with Crippen molar-refractivity contribution in [2.75, 3.05) is 57.4 Å². The Bertz CT molecular complexity index is 1520. The van der Waals surface area contributed by atoms with Crippen molar-refractivity contribution in [2.45, 2.75) is 24.9 Å². The lowest BCUT2D eigenvalue weighted by molar-refractivity contribution is 0.0317. The van der Waals surface area contributed by atoms with E-state index in [1.807, 2.05) is 24.3 Å². The quantitative estimate of drug-likeness (QED) is 0.389. The third-order valence-electron chi connectivity index (χ3n) is 8.00. The van der Waals surface area contributed by atoms with E-state index in [4.69, 9.17) is 14.5 Å². The Morgan fingerprint density at radius 3 is 2.67 bits per heavy atom. The predicted octanol–water partition coefficient (Wildman–Crippen LogP) is 3.34. The van der Waals surface area contributed by atoms with E-state index in [1.165, 1.54) is 0 Å². The second-order valence-electron chi connectivity index (χ2n) is 10.6. The molecule has 3 aliphatic rings. The van der Waals surface area contributed by atoms with Gasteiger partial charge in [0.25, 0.3) is 0 Å². The van der Waals surface area contributed by atoms with Gasteiger partial charge in [0.2, 0.25) is 0 Å². The van der Waals surface area contributed by atoms with Gasteiger partial charge in [-0.1, -0.05) is 24.3 Å². The molecule has 0 spiro atoms. The molecule has 2 N–H and O–H groups in total. The van der Waals surface area contributed by atoms with Crippen molar-refractivity contribution in [3.8, 4) is 23.0 Å². The van der Waals surface area contributed by atoms with Gasteiger partial charge in [-0.3, -0.25) is 9.88 Å². The Balaban J connectivity index is 1.30. The number of pyridine rings is 1. The first-order valence-electron chi connectivity index (χ1n) is 13.6. The van der Waals surface area contributed by atoms with Gasteiger partial charge in [-0.05, 0) is 35.7 Å². The first-order valence-corrected chi connectivity index (χ1v) is 13.6. The largest absolute Gasteiger partial charge is 0.508 e. The minimum Gasteiger partial charge on any atom is -0.508 e. The summed E-state index contributed by atoms with van der Waals surface area (Å²) in [6.07, 6.45) is 3.90. The Morgan fingerprint density at radius 2 is 1.85 bits per heavy atom. The molecule has 2 aromatic carbocycles. The highest BCUT2D eigenvalue weighted by molar-refractivity contribution is 5.99. The summed E-state index contributed by atoms with van der Waals surface area (Å²) in [5.74, 6) is 0.151. The number of piperazine rings is 1. The van der Waals surface area contributed by atoms with Crippen LogP contribution in [0.2, 0.25) is 0 Å². The maximum Gasteiger partial charge on any atom is 0.319 e. The van der Waals surface area contributed by atoms with Crippen LogP contribution in [0.3, 0.4) is 0 Å². The number of phenolic OH excluding ortho intramolecular Hbond substituents is 1. The number of hydrogen-bond acceptors (Lipinski definition) is 9. The number of benzene rings is 2. The fourth-order valence-electron chi connectivity index (χ4n) is 6.07. The third kappa shape index (κ3) is 4.73. The summed E-state index contributed by atoms with van der Waals surface area (Å²) in [6.45, 7) is 5.84. The molecule has 0 amide bonds. The number of nitrogens with zero attached hydrogens (tertiary/aromatic N) is 5. The number of ether oxygens (including phenoxy) is 2. The molecule has 0 aliphatic carbocycles. The van der Waals surface area contributed by atoms with E-state index in [2.05, 4.69) is 25.1 Å². The zero-order chi connectivity index (χ0) is 26.3. The minimum absolute atomic E-state index is 0.0526. The summed E-state index contributed by atoms with van der Waals surface area (Å²) >= 11 is 0. The maximum absolute atomic E-state index is 16.4. The molecule has 202 valence electrons. The molecule has 0 radical (unpaired) electrons. The lowest BCUT2D eigenvalue weighted by atomic mass is 10.0. The van der Waals surface area contributed by atoms with Crippen molar-refractivity contribution in [2.24, 2.45) is 0 Å². The van der Waals surface area contributed by atoms with E-state index in [1.54, 1.807) is 18.3 Å². The Labute approximate surface area is 225 Å². The van der Waals surface area contributed by atoms with Crippen LogP contribution < -0.4 is 15.0 Å². The zero-order valence-corrected chi connectivity index (χ0v) is 21.6. The van der Waals surface area contributed by atoms with Gasteiger partial charge in [0.05, 0.1) is 18.6 Å². The molecule has 3 fully saturated rings. The van der Waals surface area contributed by atoms with Crippen molar-refractivity contribution in [3.05, 3.63) is 48.4 Å². The predicted molar refractivity (Wildman–Crippen MR) is 147 cm³/mol. The Morgan fingerprint density at radius 1 is 1.05 bits per heavy atom. The van der Waals surface area contributed by atoms with E-state index in [9.17, 15) is 5.11 Å². The first kappa shape index (κ1) is 24.4. The number of aromatic hydroxyl groups is 1. The van der Waals surface area contributed by atoms with Crippen LogP contribution >= 0.6 is 0 Å². The summed E-state index contributed by atoms with van der Waals surface area (Å²) in [7, 11) is 0. The zero-order valence-electron chi connectivity index (χ0n) is 21.6. The van der Waals surface area contributed by atoms with Crippen molar-refractivity contribution in [1.82, 2.24) is 25.2 Å². The molecule has 10 heteroatoms. The Hall–Kier alpha value is -3.60. The molecule has 4 aromatic rings. The lowest BCUT2D eigenvalue weighted by Crippen LogP contribution is -2.51. The lowest BCUT2D eigenvalue weighted by Gasteiger charge is -2.34. The molecule has 39 heavy (non-hydrogen) atoms. The number of morpholine rings is 1. The van der Waals surface area contributed by atoms with Crippen molar-refractivity contribution in [1.29, 1.82) is 0 Å². The summed E-state index contributed by atoms with van der Waals surface area (Å²) in [4.78, 5) is 18.4. The number of halogens is 1. The van der Waals surface area contributed by atoms with Gasteiger partial charge >= 0.3 is 6.01 Å². The van der Waals surface area contributed by atoms with Gasteiger partial charge in [0, 0.05) is 56.6 Å². The second kappa shape index (κ2) is 10.2. The van der Waals surface area contributed by atoms with E-state index >= 15 is 4.39 Å². The SMILES string of the molecule is Oc1cc(-c2ncc3c(N4C[C@H]5CC[C@@H](C4)N5)nc(OCCN4CCOCC4)nc3c2F)c2ccccc2c1. The number of phenols is 1. The van der Waals surface area contributed by atoms with Crippen LogP contribution in [0.5, 0.6) is 11.8 Å². The topological polar surface area (TPSA) is 95.9 Å². The smallest absolute Gasteiger partial charge is 0.319 e. The molecule has 5 heterocycles. The number of hydrogen-bond donors (Lipinski definition) is 2. The van der Waals surface area contributed by atoms with Crippen molar-refractivity contribution >= 4 is 27.5 Å². The molecule has 2 aromatic heterocycles. The monoisotopic (exact) mass is 530 g/mol. The highest BCUT2D eigenvalue weighted by Crippen LogP contribution is 2.37. The summed E-state index contributed by atoms with van der Waals surface area (Å²) in [5.41, 5.74) is 0.823. The van der Waals surface area contributed by atoms with Gasteiger partial charge in [-0.15, -0.1) is 0 Å². The summed E-state index contributed by atoms with van der Waals surface area (Å²) in [5, 5.41) is 16.2. The standard InChI is InChI=1S/C29H31FN6O3/c30-25-26(23-14-21(37)13-18-3-1-2-4-22(18)23)31-15-24-27(25)33-29(39-12-9-35-7-10-38-11-8-35)34-28(24)36-16-19-5-6-20(17-36)32-19/h1-4,13-15,19-20,32,37H,5-12,16-17H2/t19-,20+. The van der Waals surface area contributed by atoms with Crippen LogP contribution in [0.1, 0.15) is 12.8 Å². The van der Waals surface area contributed by atoms with Gasteiger partial charge < -0.3 is 24.8 Å². The number of fused-ring (bicyclic) bond motifs is 4. The number of anilines is 1. The van der Waals surface area contributed by atoms with Crippen molar-refractivity contribution < 1.29 is 19.0 Å². The molecular formula is C29H31FN6O3. The van der Waals surface area contributed by atoms with Crippen LogP contribution in [-0.2, 0) is 4.74 Å². The molecule has 0 saturated carbocycles. The molecule has 2 bridgehead atoms. The van der Waals surface area contributed by atoms with Gasteiger partial charge in [0.1, 0.15) is 29.4 Å². The van der Waals surface area contributed by atoms with Crippen LogP contribution in [0, 0.1) is 5.82 Å². The average Bonchev–Trinajstić information content (AvgIpc) is 3.30. The highest BCUT2D eigenvalue weighted by Gasteiger charge is 2.34. The van der Waals surface area contributed by atoms with Gasteiger partial charge in [-0.25, -0.2) is 4.39 Å². The fourth-order valence-corrected chi connectivity index (χ4v) is 6.07. The van der Waals surface area contributed by atoms with E-state index in [0.29, 0.717) is 48.7 Å². The normalized spacial score (nSPS) is 21.6. The van der Waals surface area contributed by atoms with Crippen LogP contribution in [0.4, 0.5) is 10.2 Å². The number of nitrogens with one attached hydrogen (secondary N) is 1. The number of rotatable bonds is 6. The average molecular weight is 531 g/mol. The first-order chi connectivity index (χ1) is 19.1. The van der Waals surface area contributed by atoms with Gasteiger partial charge in [-0.2, -0.15) is 9.97 Å². The molecule has 3 aliphatic heterocycles. The molecule has 7 rings (SSSR count). The Kier molecular flexibility index (Phi) is 6.38. The van der Waals surface area contributed by atoms with Crippen molar-refractivity contribution in [3.63, 3.8) is 0 Å². The molecule has 9 nitrogen and oxygen atoms in total. The molecular weight excluding hydrogens is 499 g/mol. The van der Waals surface area contributed by atoms with Gasteiger partial charge in [0.15, 0.2) is 5.82 Å². The summed E-state index contributed by atoms with van der Waals surface area (Å²) < 4.78 is 27.8. The summed E-state index contributed by atoms with van der Waals surface area (Å²) in [6, 6.07) is 11.7. The number of aromatic nitrogens is 3. The fraction of sp³-hybridized carbons (Fsp3) is 0.414. The minimum atomic E-state index is -0.553. The van der Waals surface area contributed by atoms with Crippen LogP contribution in [-0.4, -0.2) is 89.6 Å². The van der Waals surface area contributed by atoms with E-state index in [-0.39, 0.29) is 23.0 Å². The molecule has 0 unspecified atom stereocenters. The van der Waals surface area contributed by atoms with E-state index in [0.717, 1.165) is 56.3 Å². The van der Waals surface area contributed by atoms with Crippen LogP contribution in [0.25, 0.3) is 32.9 Å². The molecule has 2 atom stereocenters. The third-order valence-corrected chi connectivity index (χ3v) is 8.00. The van der Waals surface area contributed by atoms with E-state index < -0.39 is 5.82 Å². The molecule has 3 saturated heterocycles. The van der Waals surface area contributed by atoms with Crippen LogP contribution in [0.15, 0.2) is 42.6 Å². The highest BCUT2D eigenvalue weighted by atomic mass is 19.1. The maximum atomic E-state index is 16.4.